The van der Waals surface area contributed by atoms with Gasteiger partial charge in [0.1, 0.15) is 5.82 Å². The maximum Gasteiger partial charge on any atom is 0.193 e. The maximum absolute atomic E-state index is 13.2. The third-order valence-corrected chi connectivity index (χ3v) is 2.48. The smallest absolute Gasteiger partial charge is 0.193 e. The summed E-state index contributed by atoms with van der Waals surface area (Å²) >= 11 is 0. The second-order valence-electron chi connectivity index (χ2n) is 3.97. The highest BCUT2D eigenvalue weighted by Gasteiger charge is 2.10. The van der Waals surface area contributed by atoms with Crippen molar-refractivity contribution in [2.75, 3.05) is 5.73 Å². The molecule has 0 saturated carbocycles. The van der Waals surface area contributed by atoms with Crippen LogP contribution in [0.15, 0.2) is 42.5 Å². The molecule has 0 saturated heterocycles. The minimum Gasteiger partial charge on any atom is -0.399 e. The van der Waals surface area contributed by atoms with E-state index in [0.717, 1.165) is 5.56 Å². The summed E-state index contributed by atoms with van der Waals surface area (Å²) in [6, 6.07) is 10.9. The Morgan fingerprint density at radius 3 is 2.29 bits per heavy atom. The standard InChI is InChI=1S/C14H12FNO/c1-9-6-11(8-12(15)7-9)14(17)10-2-4-13(16)5-3-10/h2-8H,16H2,1H3. The van der Waals surface area contributed by atoms with Gasteiger partial charge in [-0.25, -0.2) is 4.39 Å². The quantitative estimate of drug-likeness (QED) is 0.635. The molecule has 2 N–H and O–H groups in total. The summed E-state index contributed by atoms with van der Waals surface area (Å²) in [6.45, 7) is 1.75. The number of hydrogen-bond donors (Lipinski definition) is 1. The third-order valence-electron chi connectivity index (χ3n) is 2.48. The van der Waals surface area contributed by atoms with Crippen LogP contribution in [0, 0.1) is 12.7 Å². The fourth-order valence-corrected chi connectivity index (χ4v) is 1.67. The number of ketones is 1. The molecule has 0 unspecified atom stereocenters. The van der Waals surface area contributed by atoms with Gasteiger partial charge in [-0.15, -0.1) is 0 Å². The molecular formula is C14H12FNO. The van der Waals surface area contributed by atoms with Crippen molar-refractivity contribution in [1.82, 2.24) is 0 Å². The predicted molar refractivity (Wildman–Crippen MR) is 65.4 cm³/mol. The highest BCUT2D eigenvalue weighted by atomic mass is 19.1. The maximum atomic E-state index is 13.2. The van der Waals surface area contributed by atoms with Crippen LogP contribution in [0.2, 0.25) is 0 Å². The summed E-state index contributed by atoms with van der Waals surface area (Å²) in [5.74, 6) is -0.601. The fraction of sp³-hybridized carbons (Fsp3) is 0.0714. The number of carbonyl (C=O) groups excluding carboxylic acids is 1. The Labute approximate surface area is 98.9 Å². The van der Waals surface area contributed by atoms with Crippen LogP contribution in [0.3, 0.4) is 0 Å². The van der Waals surface area contributed by atoms with Crippen LogP contribution >= 0.6 is 0 Å². The lowest BCUT2D eigenvalue weighted by molar-refractivity contribution is 0.103. The SMILES string of the molecule is Cc1cc(F)cc(C(=O)c2ccc(N)cc2)c1. The van der Waals surface area contributed by atoms with Crippen molar-refractivity contribution in [2.45, 2.75) is 6.92 Å². The van der Waals surface area contributed by atoms with E-state index >= 15 is 0 Å². The second-order valence-corrected chi connectivity index (χ2v) is 3.97. The van der Waals surface area contributed by atoms with Crippen LogP contribution in [0.25, 0.3) is 0 Å². The molecule has 17 heavy (non-hydrogen) atoms. The van der Waals surface area contributed by atoms with E-state index < -0.39 is 5.82 Å². The Bertz CT molecular complexity index is 541. The van der Waals surface area contributed by atoms with E-state index in [2.05, 4.69) is 0 Å². The van der Waals surface area contributed by atoms with Crippen LogP contribution in [-0.4, -0.2) is 5.78 Å². The molecule has 0 aliphatic rings. The highest BCUT2D eigenvalue weighted by Crippen LogP contribution is 2.14. The molecule has 0 heterocycles. The minimum atomic E-state index is -0.399. The number of benzene rings is 2. The molecule has 0 aromatic heterocycles. The minimum absolute atomic E-state index is 0.201. The molecule has 86 valence electrons. The number of aryl methyl sites for hydroxylation is 1. The number of carbonyl (C=O) groups is 1. The average Bonchev–Trinajstić information content (AvgIpc) is 2.28. The van der Waals surface area contributed by atoms with Gasteiger partial charge < -0.3 is 5.73 Å². The summed E-state index contributed by atoms with van der Waals surface area (Å²) in [6.07, 6.45) is 0. The van der Waals surface area contributed by atoms with E-state index in [1.807, 2.05) is 0 Å². The first-order chi connectivity index (χ1) is 8.06. The van der Waals surface area contributed by atoms with E-state index in [-0.39, 0.29) is 5.78 Å². The molecule has 0 spiro atoms. The van der Waals surface area contributed by atoms with E-state index in [1.165, 1.54) is 12.1 Å². The summed E-state index contributed by atoms with van der Waals surface area (Å²) < 4.78 is 13.2. The molecule has 2 rings (SSSR count). The first-order valence-electron chi connectivity index (χ1n) is 5.24. The van der Waals surface area contributed by atoms with Crippen molar-refractivity contribution in [2.24, 2.45) is 0 Å². The van der Waals surface area contributed by atoms with Gasteiger partial charge in [0, 0.05) is 16.8 Å². The van der Waals surface area contributed by atoms with Crippen LogP contribution in [-0.2, 0) is 0 Å². The summed E-state index contributed by atoms with van der Waals surface area (Å²) in [7, 11) is 0. The average molecular weight is 229 g/mol. The van der Waals surface area contributed by atoms with Crippen molar-refractivity contribution in [3.8, 4) is 0 Å². The van der Waals surface area contributed by atoms with Crippen molar-refractivity contribution in [3.63, 3.8) is 0 Å². The van der Waals surface area contributed by atoms with Gasteiger partial charge in [-0.2, -0.15) is 0 Å². The molecule has 0 amide bonds. The number of nitrogen functional groups attached to an aromatic ring is 1. The van der Waals surface area contributed by atoms with Gasteiger partial charge >= 0.3 is 0 Å². The van der Waals surface area contributed by atoms with Crippen LogP contribution in [0.4, 0.5) is 10.1 Å². The fourth-order valence-electron chi connectivity index (χ4n) is 1.67. The normalized spacial score (nSPS) is 10.2. The van der Waals surface area contributed by atoms with E-state index in [4.69, 9.17) is 5.73 Å². The zero-order valence-electron chi connectivity index (χ0n) is 9.41. The van der Waals surface area contributed by atoms with Gasteiger partial charge in [0.2, 0.25) is 0 Å². The molecule has 0 aliphatic heterocycles. The Morgan fingerprint density at radius 1 is 1.06 bits per heavy atom. The zero-order chi connectivity index (χ0) is 12.4. The number of hydrogen-bond acceptors (Lipinski definition) is 2. The van der Waals surface area contributed by atoms with Crippen LogP contribution < -0.4 is 5.73 Å². The number of nitrogens with two attached hydrogens (primary N) is 1. The molecule has 0 radical (unpaired) electrons. The van der Waals surface area contributed by atoms with E-state index in [9.17, 15) is 9.18 Å². The molecule has 3 heteroatoms. The number of rotatable bonds is 2. The van der Waals surface area contributed by atoms with Crippen molar-refractivity contribution in [1.29, 1.82) is 0 Å². The van der Waals surface area contributed by atoms with Gasteiger partial charge in [-0.3, -0.25) is 4.79 Å². The lowest BCUT2D eigenvalue weighted by atomic mass is 10.0. The van der Waals surface area contributed by atoms with E-state index in [1.54, 1.807) is 37.3 Å². The third kappa shape index (κ3) is 2.50. The molecule has 2 nitrogen and oxygen atoms in total. The predicted octanol–water partition coefficient (Wildman–Crippen LogP) is 2.95. The molecule has 0 aliphatic carbocycles. The Morgan fingerprint density at radius 2 is 1.71 bits per heavy atom. The van der Waals surface area contributed by atoms with Gasteiger partial charge in [0.05, 0.1) is 0 Å². The summed E-state index contributed by atoms with van der Waals surface area (Å²) in [4.78, 5) is 12.1. The second kappa shape index (κ2) is 4.37. The van der Waals surface area contributed by atoms with Gasteiger partial charge in [0.15, 0.2) is 5.78 Å². The first kappa shape index (κ1) is 11.3. The highest BCUT2D eigenvalue weighted by molar-refractivity contribution is 6.09. The molecule has 2 aromatic carbocycles. The van der Waals surface area contributed by atoms with Gasteiger partial charge in [0.25, 0.3) is 0 Å². The lowest BCUT2D eigenvalue weighted by Crippen LogP contribution is -2.02. The number of halogens is 1. The summed E-state index contributed by atoms with van der Waals surface area (Å²) in [5.41, 5.74) is 7.72. The molecular weight excluding hydrogens is 217 g/mol. The molecule has 0 fully saturated rings. The van der Waals surface area contributed by atoms with Crippen molar-refractivity contribution in [3.05, 3.63) is 65.0 Å². The van der Waals surface area contributed by atoms with Crippen molar-refractivity contribution < 1.29 is 9.18 Å². The van der Waals surface area contributed by atoms with Gasteiger partial charge in [-0.1, -0.05) is 0 Å². The van der Waals surface area contributed by atoms with Crippen LogP contribution in [0.1, 0.15) is 21.5 Å². The first-order valence-corrected chi connectivity index (χ1v) is 5.24. The zero-order valence-corrected chi connectivity index (χ0v) is 9.41. The Balaban J connectivity index is 2.40. The van der Waals surface area contributed by atoms with Crippen molar-refractivity contribution >= 4 is 11.5 Å². The Kier molecular flexibility index (Phi) is 2.91. The molecule has 0 atom stereocenters. The van der Waals surface area contributed by atoms with Gasteiger partial charge in [-0.05, 0) is 55.0 Å². The number of anilines is 1. The lowest BCUT2D eigenvalue weighted by Gasteiger charge is -2.03. The van der Waals surface area contributed by atoms with E-state index in [0.29, 0.717) is 16.8 Å². The monoisotopic (exact) mass is 229 g/mol. The molecule has 2 aromatic rings. The van der Waals surface area contributed by atoms with Crippen LogP contribution in [0.5, 0.6) is 0 Å². The topological polar surface area (TPSA) is 43.1 Å². The summed E-state index contributed by atoms with van der Waals surface area (Å²) in [5, 5.41) is 0. The Hall–Kier alpha value is -2.16. The largest absolute Gasteiger partial charge is 0.399 e. The molecule has 0 bridgehead atoms.